The van der Waals surface area contributed by atoms with E-state index in [4.69, 9.17) is 0 Å². The number of carbonyl (C=O) groups is 1. The quantitative estimate of drug-likeness (QED) is 0.438. The van der Waals surface area contributed by atoms with Crippen LogP contribution in [0.2, 0.25) is 0 Å². The molecule has 4 aliphatic carbocycles. The number of hydrogen-bond acceptors (Lipinski definition) is 3. The van der Waals surface area contributed by atoms with Crippen LogP contribution in [-0.2, 0) is 4.79 Å². The van der Waals surface area contributed by atoms with Crippen LogP contribution in [0.15, 0.2) is 24.3 Å². The average Bonchev–Trinajstić information content (AvgIpc) is 2.91. The van der Waals surface area contributed by atoms with Crippen LogP contribution in [0.1, 0.15) is 71.6 Å². The van der Waals surface area contributed by atoms with E-state index < -0.39 is 5.60 Å². The summed E-state index contributed by atoms with van der Waals surface area (Å²) in [7, 11) is 0. The minimum atomic E-state index is -0.566. The van der Waals surface area contributed by atoms with Crippen LogP contribution in [0.5, 0.6) is 0 Å². The van der Waals surface area contributed by atoms with Crippen LogP contribution in [0.25, 0.3) is 0 Å². The van der Waals surface area contributed by atoms with Gasteiger partial charge in [-0.1, -0.05) is 32.1 Å². The first-order valence-electron chi connectivity index (χ1n) is 11.0. The van der Waals surface area contributed by atoms with Gasteiger partial charge in [0.05, 0.1) is 11.7 Å². The topological polar surface area (TPSA) is 57.5 Å². The van der Waals surface area contributed by atoms with Crippen LogP contribution < -0.4 is 0 Å². The molecular formula is C24H36O3. The maximum Gasteiger partial charge on any atom is 0.142 e. The summed E-state index contributed by atoms with van der Waals surface area (Å²) in [6.07, 6.45) is 17.8. The van der Waals surface area contributed by atoms with Crippen molar-refractivity contribution in [2.75, 3.05) is 0 Å². The molecule has 0 aromatic rings. The second-order valence-corrected chi connectivity index (χ2v) is 10.4. The summed E-state index contributed by atoms with van der Waals surface area (Å²) in [5.41, 5.74) is -0.333. The Morgan fingerprint density at radius 1 is 0.889 bits per heavy atom. The summed E-state index contributed by atoms with van der Waals surface area (Å²) in [4.78, 5) is 10.5. The molecule has 4 fully saturated rings. The number of fused-ring (bicyclic) bond motifs is 5. The molecule has 3 nitrogen and oxygen atoms in total. The zero-order chi connectivity index (χ0) is 19.3. The van der Waals surface area contributed by atoms with Gasteiger partial charge in [-0.15, -0.1) is 0 Å². The van der Waals surface area contributed by atoms with E-state index in [0.29, 0.717) is 29.1 Å². The van der Waals surface area contributed by atoms with Crippen molar-refractivity contribution in [2.24, 2.45) is 34.5 Å². The van der Waals surface area contributed by atoms with Gasteiger partial charge in [0.15, 0.2) is 0 Å². The van der Waals surface area contributed by atoms with Crippen LogP contribution >= 0.6 is 0 Å². The molecule has 2 N–H and O–H groups in total. The molecule has 0 amide bonds. The maximum absolute atomic E-state index is 12.0. The molecule has 0 saturated heterocycles. The average molecular weight is 373 g/mol. The van der Waals surface area contributed by atoms with E-state index in [0.717, 1.165) is 57.7 Å². The first kappa shape index (κ1) is 19.4. The van der Waals surface area contributed by atoms with Crippen LogP contribution in [-0.4, -0.2) is 28.2 Å². The smallest absolute Gasteiger partial charge is 0.142 e. The number of hydrogen-bond donors (Lipinski definition) is 2. The van der Waals surface area contributed by atoms with E-state index in [1.165, 1.54) is 12.5 Å². The van der Waals surface area contributed by atoms with Crippen molar-refractivity contribution >= 4 is 6.29 Å². The molecule has 0 spiro atoms. The second kappa shape index (κ2) is 6.84. The van der Waals surface area contributed by atoms with E-state index in [1.807, 2.05) is 6.08 Å². The van der Waals surface area contributed by atoms with Crippen molar-refractivity contribution in [2.45, 2.75) is 83.3 Å². The normalized spacial score (nSPS) is 52.5. The molecule has 4 saturated carbocycles. The molecule has 0 aromatic carbocycles. The first-order valence-corrected chi connectivity index (χ1v) is 11.0. The zero-order valence-electron chi connectivity index (χ0n) is 16.9. The molecule has 8 atom stereocenters. The number of carbonyl (C=O) groups excluding carboxylic acids is 1. The van der Waals surface area contributed by atoms with Gasteiger partial charge in [-0.05, 0) is 93.0 Å². The molecule has 0 heterocycles. The number of allylic oxidation sites excluding steroid dienone is 4. The fourth-order valence-electron chi connectivity index (χ4n) is 7.86. The third-order valence-corrected chi connectivity index (χ3v) is 9.54. The van der Waals surface area contributed by atoms with Gasteiger partial charge in [0.1, 0.15) is 6.29 Å². The lowest BCUT2D eigenvalue weighted by molar-refractivity contribution is -0.207. The molecule has 150 valence electrons. The van der Waals surface area contributed by atoms with Crippen LogP contribution in [0, 0.1) is 34.5 Å². The second-order valence-electron chi connectivity index (χ2n) is 10.4. The van der Waals surface area contributed by atoms with Crippen LogP contribution in [0.4, 0.5) is 0 Å². The summed E-state index contributed by atoms with van der Waals surface area (Å²) < 4.78 is 0. The van der Waals surface area contributed by atoms with Gasteiger partial charge in [-0.2, -0.15) is 0 Å². The molecule has 0 aliphatic heterocycles. The van der Waals surface area contributed by atoms with E-state index >= 15 is 0 Å². The predicted octanol–water partition coefficient (Wildman–Crippen LogP) is 4.43. The van der Waals surface area contributed by atoms with Gasteiger partial charge in [0.2, 0.25) is 0 Å². The van der Waals surface area contributed by atoms with Crippen molar-refractivity contribution < 1.29 is 15.0 Å². The Morgan fingerprint density at radius 2 is 1.70 bits per heavy atom. The van der Waals surface area contributed by atoms with Crippen molar-refractivity contribution in [3.05, 3.63) is 24.3 Å². The lowest BCUT2D eigenvalue weighted by atomic mass is 9.43. The number of rotatable bonds is 3. The van der Waals surface area contributed by atoms with Gasteiger partial charge in [-0.3, -0.25) is 4.79 Å². The molecule has 0 unspecified atom stereocenters. The minimum Gasteiger partial charge on any atom is -0.393 e. The molecule has 0 bridgehead atoms. The first-order chi connectivity index (χ1) is 12.8. The van der Waals surface area contributed by atoms with Gasteiger partial charge < -0.3 is 10.2 Å². The third-order valence-electron chi connectivity index (χ3n) is 9.54. The van der Waals surface area contributed by atoms with Crippen molar-refractivity contribution in [3.63, 3.8) is 0 Å². The summed E-state index contributed by atoms with van der Waals surface area (Å²) >= 11 is 0. The van der Waals surface area contributed by atoms with Crippen molar-refractivity contribution in [3.8, 4) is 0 Å². The fraction of sp³-hybridized carbons (Fsp3) is 0.792. The Balaban J connectivity index is 1.59. The van der Waals surface area contributed by atoms with Crippen LogP contribution in [0.3, 0.4) is 0 Å². The molecule has 0 radical (unpaired) electrons. The largest absolute Gasteiger partial charge is 0.393 e. The molecule has 3 heteroatoms. The molecular weight excluding hydrogens is 336 g/mol. The minimum absolute atomic E-state index is 0.0585. The van der Waals surface area contributed by atoms with Gasteiger partial charge in [0.25, 0.3) is 0 Å². The standard InChI is InChI=1S/C24H36O3/c1-22-12-10-19(26)16-18(22)7-8-21-20(22)11-13-23(2)17(6-4-3-5-15-25)9-14-24(21,23)27/h3-6,15,17-21,26-27H,7-14,16H2,1-2H3/b5-3+,6-4+/t17-,18+,19-,20-,21+,22-,23+,24-/m0/s1. The molecule has 0 aromatic heterocycles. The van der Waals surface area contributed by atoms with Gasteiger partial charge in [0, 0.05) is 5.41 Å². The summed E-state index contributed by atoms with van der Waals surface area (Å²) in [5.74, 6) is 2.01. The lowest BCUT2D eigenvalue weighted by Gasteiger charge is -2.63. The van der Waals surface area contributed by atoms with Crippen molar-refractivity contribution in [1.82, 2.24) is 0 Å². The Kier molecular flexibility index (Phi) is 4.91. The highest BCUT2D eigenvalue weighted by Gasteiger charge is 2.66. The zero-order valence-corrected chi connectivity index (χ0v) is 16.9. The Hall–Kier alpha value is -0.930. The maximum atomic E-state index is 12.0. The van der Waals surface area contributed by atoms with E-state index in [9.17, 15) is 15.0 Å². The number of aldehydes is 1. The van der Waals surface area contributed by atoms with E-state index in [2.05, 4.69) is 19.9 Å². The number of aliphatic hydroxyl groups excluding tert-OH is 1. The fourth-order valence-corrected chi connectivity index (χ4v) is 7.86. The number of aliphatic hydroxyl groups is 2. The highest BCUT2D eigenvalue weighted by atomic mass is 16.3. The summed E-state index contributed by atoms with van der Waals surface area (Å²) in [6.45, 7) is 4.77. The Labute approximate surface area is 163 Å². The summed E-state index contributed by atoms with van der Waals surface area (Å²) in [5, 5.41) is 22.2. The molecule has 4 aliphatic rings. The van der Waals surface area contributed by atoms with E-state index in [1.54, 1.807) is 6.08 Å². The van der Waals surface area contributed by atoms with Gasteiger partial charge >= 0.3 is 0 Å². The Morgan fingerprint density at radius 3 is 2.48 bits per heavy atom. The Bertz CT molecular complexity index is 640. The highest BCUT2D eigenvalue weighted by Crippen LogP contribution is 2.69. The monoisotopic (exact) mass is 372 g/mol. The molecule has 27 heavy (non-hydrogen) atoms. The highest BCUT2D eigenvalue weighted by molar-refractivity contribution is 5.65. The summed E-state index contributed by atoms with van der Waals surface area (Å²) in [6, 6.07) is 0. The van der Waals surface area contributed by atoms with Gasteiger partial charge in [-0.25, -0.2) is 0 Å². The predicted molar refractivity (Wildman–Crippen MR) is 107 cm³/mol. The SMILES string of the molecule is C[C@]12CC[C@H](O)C[C@H]1CC[C@@H]1[C@@H]2CC[C@]2(C)[C@@H](/C=C/C=C/C=O)CC[C@]12O. The molecule has 4 rings (SSSR count). The van der Waals surface area contributed by atoms with Crippen molar-refractivity contribution in [1.29, 1.82) is 0 Å². The third kappa shape index (κ3) is 2.80. The van der Waals surface area contributed by atoms with E-state index in [-0.39, 0.29) is 11.5 Å². The lowest BCUT2D eigenvalue weighted by Crippen LogP contribution is -2.62.